The number of carboxylic acid groups (broad SMARTS) is 1. The van der Waals surface area contributed by atoms with E-state index in [1.807, 2.05) is 23.6 Å². The van der Waals surface area contributed by atoms with Crippen molar-refractivity contribution < 1.29 is 28.9 Å². The molecule has 0 unspecified atom stereocenters. The number of aliphatic carboxylic acids is 1. The number of anilines is 1. The zero-order valence-corrected chi connectivity index (χ0v) is 24.4. The Bertz CT molecular complexity index is 1330. The summed E-state index contributed by atoms with van der Waals surface area (Å²) in [5.74, 6) is -0.846. The first-order chi connectivity index (χ1) is 18.6. The van der Waals surface area contributed by atoms with E-state index in [1.165, 1.54) is 36.7 Å². The summed E-state index contributed by atoms with van der Waals surface area (Å²) in [5, 5.41) is 14.3. The van der Waals surface area contributed by atoms with Gasteiger partial charge in [0.2, 0.25) is 5.76 Å². The number of aryl methyl sites for hydroxylation is 1. The van der Waals surface area contributed by atoms with Gasteiger partial charge in [-0.3, -0.25) is 10.1 Å². The molecule has 0 aliphatic heterocycles. The summed E-state index contributed by atoms with van der Waals surface area (Å²) in [7, 11) is 2.85. The highest BCUT2D eigenvalue weighted by Gasteiger charge is 2.18. The molecule has 0 radical (unpaired) electrons. The lowest BCUT2D eigenvalue weighted by Gasteiger charge is -2.13. The number of carboxylic acids is 1. The van der Waals surface area contributed by atoms with Gasteiger partial charge in [-0.15, -0.1) is 11.3 Å². The molecule has 11 heteroatoms. The number of carbonyl (C=O) groups excluding carboxylic acids is 1. The molecular weight excluding hydrogens is 563 g/mol. The summed E-state index contributed by atoms with van der Waals surface area (Å²) in [5.41, 5.74) is 2.96. The molecule has 3 aromatic rings. The second-order valence-electron chi connectivity index (χ2n) is 8.93. The van der Waals surface area contributed by atoms with Gasteiger partial charge in [0.15, 0.2) is 5.13 Å². The van der Waals surface area contributed by atoms with Crippen LogP contribution in [0, 0.1) is 5.92 Å². The summed E-state index contributed by atoms with van der Waals surface area (Å²) in [4.78, 5) is 28.7. The van der Waals surface area contributed by atoms with Crippen molar-refractivity contribution in [1.82, 2.24) is 4.98 Å². The number of methoxy groups -OCH3 is 2. The molecule has 39 heavy (non-hydrogen) atoms. The summed E-state index contributed by atoms with van der Waals surface area (Å²) < 4.78 is 16.3. The van der Waals surface area contributed by atoms with Crippen molar-refractivity contribution in [3.63, 3.8) is 0 Å². The predicted octanol–water partition coefficient (Wildman–Crippen LogP) is 7.05. The number of benzene rings is 2. The van der Waals surface area contributed by atoms with E-state index in [1.54, 1.807) is 7.11 Å². The molecule has 3 rings (SSSR count). The molecule has 208 valence electrons. The fourth-order valence-corrected chi connectivity index (χ4v) is 5.03. The molecule has 2 N–H and O–H groups in total. The summed E-state index contributed by atoms with van der Waals surface area (Å²) >= 11 is 13.9. The van der Waals surface area contributed by atoms with E-state index in [4.69, 9.17) is 42.5 Å². The number of thiazole rings is 1. The van der Waals surface area contributed by atoms with Crippen molar-refractivity contribution >= 4 is 57.6 Å². The number of nitrogens with one attached hydrogen (secondary N) is 1. The molecular formula is C28H30Cl2N2O6S. The first kappa shape index (κ1) is 30.4. The highest BCUT2D eigenvalue weighted by atomic mass is 35.5. The molecule has 1 heterocycles. The lowest BCUT2D eigenvalue weighted by molar-refractivity contribution is -0.135. The SMILES string of the molecule is CO/C(=C/c1c(Cl)cc(C(=O)Nc2nc(-c3cccc(CCCOCC(C)C)c3OC)cs2)cc1Cl)C(=O)O. The number of para-hydroxylation sites is 1. The van der Waals surface area contributed by atoms with E-state index in [2.05, 4.69) is 24.1 Å². The number of hydrogen-bond donors (Lipinski definition) is 2. The second kappa shape index (κ2) is 14.3. The highest BCUT2D eigenvalue weighted by molar-refractivity contribution is 7.14. The Labute approximate surface area is 241 Å². The van der Waals surface area contributed by atoms with Gasteiger partial charge in [-0.05, 0) is 48.6 Å². The minimum atomic E-state index is -1.27. The third kappa shape index (κ3) is 8.19. The van der Waals surface area contributed by atoms with Gasteiger partial charge < -0.3 is 19.3 Å². The van der Waals surface area contributed by atoms with Crippen molar-refractivity contribution in [3.05, 3.63) is 68.2 Å². The Balaban J connectivity index is 1.75. The van der Waals surface area contributed by atoms with E-state index >= 15 is 0 Å². The molecule has 0 bridgehead atoms. The molecule has 1 aromatic heterocycles. The first-order valence-electron chi connectivity index (χ1n) is 12.1. The lowest BCUT2D eigenvalue weighted by atomic mass is 10.0. The van der Waals surface area contributed by atoms with Crippen molar-refractivity contribution in [2.24, 2.45) is 5.92 Å². The van der Waals surface area contributed by atoms with Gasteiger partial charge in [-0.2, -0.15) is 0 Å². The van der Waals surface area contributed by atoms with Crippen molar-refractivity contribution in [2.45, 2.75) is 26.7 Å². The maximum Gasteiger partial charge on any atom is 0.371 e. The van der Waals surface area contributed by atoms with Crippen LogP contribution in [0.5, 0.6) is 5.75 Å². The first-order valence-corrected chi connectivity index (χ1v) is 13.8. The largest absolute Gasteiger partial charge is 0.496 e. The van der Waals surface area contributed by atoms with Crippen LogP contribution in [-0.2, 0) is 20.7 Å². The number of carbonyl (C=O) groups is 2. The lowest BCUT2D eigenvalue weighted by Crippen LogP contribution is -2.12. The highest BCUT2D eigenvalue weighted by Crippen LogP contribution is 2.36. The molecule has 0 fully saturated rings. The monoisotopic (exact) mass is 592 g/mol. The number of hydrogen-bond acceptors (Lipinski definition) is 7. The average molecular weight is 594 g/mol. The number of rotatable bonds is 13. The summed E-state index contributed by atoms with van der Waals surface area (Å²) in [6.45, 7) is 5.66. The van der Waals surface area contributed by atoms with Crippen LogP contribution in [0.15, 0.2) is 41.5 Å². The standard InChI is InChI=1S/C28H30Cl2N2O6S/c1-16(2)14-38-10-6-8-17-7-5-9-19(25(17)37-4)23-15-39-28(31-23)32-26(33)18-11-21(29)20(22(30)12-18)13-24(36-3)27(34)35/h5,7,9,11-13,15-16H,6,8,10,14H2,1-4H3,(H,34,35)(H,31,32,33)/b24-13+. The Hall–Kier alpha value is -3.11. The van der Waals surface area contributed by atoms with E-state index in [0.29, 0.717) is 23.4 Å². The fraction of sp³-hybridized carbons (Fsp3) is 0.321. The van der Waals surface area contributed by atoms with Gasteiger partial charge in [0.1, 0.15) is 5.75 Å². The Morgan fingerprint density at radius 2 is 1.90 bits per heavy atom. The van der Waals surface area contributed by atoms with Crippen LogP contribution >= 0.6 is 34.5 Å². The van der Waals surface area contributed by atoms with Gasteiger partial charge in [0.05, 0.1) is 30.0 Å². The van der Waals surface area contributed by atoms with Gasteiger partial charge in [0.25, 0.3) is 5.91 Å². The number of halogens is 2. The van der Waals surface area contributed by atoms with Gasteiger partial charge in [0, 0.05) is 35.3 Å². The van der Waals surface area contributed by atoms with Crippen LogP contribution in [0.3, 0.4) is 0 Å². The van der Waals surface area contributed by atoms with Crippen molar-refractivity contribution in [2.75, 3.05) is 32.8 Å². The molecule has 0 saturated carbocycles. The Morgan fingerprint density at radius 3 is 2.51 bits per heavy atom. The number of nitrogens with zero attached hydrogens (tertiary/aromatic N) is 1. The Kier molecular flexibility index (Phi) is 11.2. The van der Waals surface area contributed by atoms with Crippen LogP contribution in [0.2, 0.25) is 10.0 Å². The summed E-state index contributed by atoms with van der Waals surface area (Å²) in [6.07, 6.45) is 2.86. The van der Waals surface area contributed by atoms with Gasteiger partial charge in [-0.25, -0.2) is 9.78 Å². The number of amides is 1. The Morgan fingerprint density at radius 1 is 1.18 bits per heavy atom. The third-order valence-corrected chi connectivity index (χ3v) is 6.92. The van der Waals surface area contributed by atoms with Crippen molar-refractivity contribution in [1.29, 1.82) is 0 Å². The maximum absolute atomic E-state index is 12.9. The predicted molar refractivity (Wildman–Crippen MR) is 155 cm³/mol. The van der Waals surface area contributed by atoms with E-state index in [9.17, 15) is 9.59 Å². The van der Waals surface area contributed by atoms with E-state index in [0.717, 1.165) is 36.3 Å². The van der Waals surface area contributed by atoms with Crippen LogP contribution in [0.1, 0.15) is 41.8 Å². The van der Waals surface area contributed by atoms with Crippen LogP contribution in [-0.4, -0.2) is 49.4 Å². The second-order valence-corrected chi connectivity index (χ2v) is 10.6. The molecule has 1 amide bonds. The number of ether oxygens (including phenoxy) is 3. The van der Waals surface area contributed by atoms with Gasteiger partial charge in [-0.1, -0.05) is 49.2 Å². The van der Waals surface area contributed by atoms with Crippen molar-refractivity contribution in [3.8, 4) is 17.0 Å². The molecule has 0 aliphatic rings. The number of aromatic nitrogens is 1. The fourth-order valence-electron chi connectivity index (χ4n) is 3.72. The molecule has 0 saturated heterocycles. The molecule has 0 aliphatic carbocycles. The van der Waals surface area contributed by atoms with Crippen LogP contribution in [0.4, 0.5) is 5.13 Å². The van der Waals surface area contributed by atoms with E-state index < -0.39 is 11.9 Å². The van der Waals surface area contributed by atoms with Crippen LogP contribution in [0.25, 0.3) is 17.3 Å². The zero-order chi connectivity index (χ0) is 28.5. The third-order valence-electron chi connectivity index (χ3n) is 5.53. The normalized spacial score (nSPS) is 11.5. The average Bonchev–Trinajstić information content (AvgIpc) is 3.35. The van der Waals surface area contributed by atoms with Crippen LogP contribution < -0.4 is 10.1 Å². The molecule has 8 nitrogen and oxygen atoms in total. The smallest absolute Gasteiger partial charge is 0.371 e. The van der Waals surface area contributed by atoms with Gasteiger partial charge >= 0.3 is 5.97 Å². The minimum Gasteiger partial charge on any atom is -0.496 e. The maximum atomic E-state index is 12.9. The quantitative estimate of drug-likeness (QED) is 0.124. The zero-order valence-electron chi connectivity index (χ0n) is 22.0. The molecule has 2 aromatic carbocycles. The topological polar surface area (TPSA) is 107 Å². The molecule has 0 spiro atoms. The van der Waals surface area contributed by atoms with E-state index in [-0.39, 0.29) is 26.9 Å². The molecule has 0 atom stereocenters. The minimum absolute atomic E-state index is 0.0967. The summed E-state index contributed by atoms with van der Waals surface area (Å²) in [6, 6.07) is 8.71.